The van der Waals surface area contributed by atoms with Gasteiger partial charge in [0.2, 0.25) is 17.7 Å². The zero-order valence-electron chi connectivity index (χ0n) is 30.7. The molecule has 0 bridgehead atoms. The predicted octanol–water partition coefficient (Wildman–Crippen LogP) is 4.43. The molecule has 4 N–H and O–H groups in total. The fourth-order valence-electron chi connectivity index (χ4n) is 7.34. The molecule has 5 aromatic rings. The Kier molecular flexibility index (Phi) is 10.4. The van der Waals surface area contributed by atoms with Crippen LogP contribution in [0.4, 0.5) is 11.4 Å². The second kappa shape index (κ2) is 15.3. The molecular formula is C39H41N7O9. The van der Waals surface area contributed by atoms with Crippen molar-refractivity contribution in [3.8, 4) is 22.8 Å². The summed E-state index contributed by atoms with van der Waals surface area (Å²) in [6.45, 7) is 6.91. The van der Waals surface area contributed by atoms with Crippen molar-refractivity contribution in [1.82, 2.24) is 25.1 Å². The largest absolute Gasteiger partial charge is 0.436 e. The second-order valence-electron chi connectivity index (χ2n) is 14.1. The van der Waals surface area contributed by atoms with E-state index in [1.54, 1.807) is 82.4 Å². The Morgan fingerprint density at radius 2 is 1.13 bits per heavy atom. The monoisotopic (exact) mass is 751 g/mol. The zero-order chi connectivity index (χ0) is 39.0. The van der Waals surface area contributed by atoms with Gasteiger partial charge in [0.1, 0.15) is 22.6 Å². The summed E-state index contributed by atoms with van der Waals surface area (Å²) in [5.41, 5.74) is 4.13. The summed E-state index contributed by atoms with van der Waals surface area (Å²) >= 11 is 0. The van der Waals surface area contributed by atoms with Gasteiger partial charge in [-0.2, -0.15) is 0 Å². The lowest BCUT2D eigenvalue weighted by Crippen LogP contribution is -2.38. The molecule has 2 fully saturated rings. The standard InChI is InChI=1S/C39H41N7O9/c1-20-35(22(3)54-43-20)38(51)45-18-30(47)13-28(45)15-33(49)41-26-9-5-24(6-10-26)32-17-40-37(53-32)25-7-11-27(12-8-25)42-34(50)16-29-14-31(48)19-46(29)39(52)36-21(2)44-55-23(36)4/h5-12,17,28-31,47-48H,13-16,18-19H2,1-4H3,(H,41,49)(H,42,50)/t28-,29-,30+,31+/m0/s1. The Morgan fingerprint density at radius 3 is 1.55 bits per heavy atom. The fourth-order valence-corrected chi connectivity index (χ4v) is 7.34. The van der Waals surface area contributed by atoms with Crippen molar-refractivity contribution in [2.75, 3.05) is 23.7 Å². The van der Waals surface area contributed by atoms with E-state index in [1.165, 1.54) is 9.80 Å². The van der Waals surface area contributed by atoms with Gasteiger partial charge in [-0.15, -0.1) is 0 Å². The first kappa shape index (κ1) is 37.2. The van der Waals surface area contributed by atoms with Gasteiger partial charge in [-0.05, 0) is 89.1 Å². The smallest absolute Gasteiger partial charge is 0.259 e. The number of carbonyl (C=O) groups excluding carboxylic acids is 4. The van der Waals surface area contributed by atoms with E-state index in [0.29, 0.717) is 62.6 Å². The Labute approximate surface area is 315 Å². The number of β-amino-alcohol motifs (C(OH)–C–C–N with tert-alkyl or cyclic N) is 2. The number of hydrogen-bond donors (Lipinski definition) is 4. The SMILES string of the molecule is Cc1noc(C)c1C(=O)N1C[C@H](O)C[C@H]1CC(=O)Nc1ccc(-c2cnc(-c3ccc(NC(=O)C[C@@H]4C[C@@H](O)CN4C(=O)c4c(C)noc4C)cc3)o2)cc1. The molecule has 286 valence electrons. The minimum absolute atomic E-state index is 0.00805. The summed E-state index contributed by atoms with van der Waals surface area (Å²) in [6.07, 6.45) is 0.715. The first-order valence-electron chi connectivity index (χ1n) is 17.9. The number of aliphatic hydroxyl groups is 2. The lowest BCUT2D eigenvalue weighted by molar-refractivity contribution is -0.117. The van der Waals surface area contributed by atoms with Crippen molar-refractivity contribution in [2.24, 2.45) is 0 Å². The number of rotatable bonds is 10. The number of nitrogens with one attached hydrogen (secondary N) is 2. The summed E-state index contributed by atoms with van der Waals surface area (Å²) < 4.78 is 16.3. The van der Waals surface area contributed by atoms with Crippen molar-refractivity contribution in [3.05, 3.63) is 88.8 Å². The quantitative estimate of drug-likeness (QED) is 0.156. The van der Waals surface area contributed by atoms with E-state index < -0.39 is 24.3 Å². The average Bonchev–Trinajstić information content (AvgIpc) is 3.98. The van der Waals surface area contributed by atoms with Crippen LogP contribution in [0, 0.1) is 27.7 Å². The summed E-state index contributed by atoms with van der Waals surface area (Å²) in [6, 6.07) is 13.1. The first-order valence-corrected chi connectivity index (χ1v) is 17.9. The van der Waals surface area contributed by atoms with Gasteiger partial charge in [0.15, 0.2) is 5.76 Å². The number of oxazole rings is 1. The Hall–Kier alpha value is -6.13. The second-order valence-corrected chi connectivity index (χ2v) is 14.1. The first-order chi connectivity index (χ1) is 26.3. The Bertz CT molecular complexity index is 2030. The minimum atomic E-state index is -0.735. The molecule has 16 heteroatoms. The van der Waals surface area contributed by atoms with Crippen LogP contribution in [-0.4, -0.2) is 96.3 Å². The van der Waals surface area contributed by atoms with Crippen LogP contribution in [0.25, 0.3) is 22.8 Å². The number of hydrogen-bond acceptors (Lipinski definition) is 12. The summed E-state index contributed by atoms with van der Waals surface area (Å²) in [7, 11) is 0. The highest BCUT2D eigenvalue weighted by molar-refractivity contribution is 5.98. The van der Waals surface area contributed by atoms with Crippen molar-refractivity contribution in [3.63, 3.8) is 0 Å². The van der Waals surface area contributed by atoms with E-state index in [4.69, 9.17) is 13.5 Å². The third-order valence-corrected chi connectivity index (χ3v) is 10.0. The number of nitrogens with zero attached hydrogens (tertiary/aromatic N) is 5. The maximum absolute atomic E-state index is 13.2. The molecule has 4 amide bonds. The van der Waals surface area contributed by atoms with Crippen molar-refractivity contribution < 1.29 is 42.9 Å². The summed E-state index contributed by atoms with van der Waals surface area (Å²) in [4.78, 5) is 59.9. The van der Waals surface area contributed by atoms with Crippen LogP contribution in [0.15, 0.2) is 68.2 Å². The summed E-state index contributed by atoms with van der Waals surface area (Å²) in [5.74, 6) is 0.415. The van der Waals surface area contributed by atoms with Crippen LogP contribution in [0.3, 0.4) is 0 Å². The molecule has 55 heavy (non-hydrogen) atoms. The third-order valence-electron chi connectivity index (χ3n) is 10.0. The normalized spacial score (nSPS) is 19.5. The van der Waals surface area contributed by atoms with Crippen LogP contribution >= 0.6 is 0 Å². The van der Waals surface area contributed by atoms with Gasteiger partial charge in [0.25, 0.3) is 11.8 Å². The lowest BCUT2D eigenvalue weighted by atomic mass is 10.1. The molecule has 2 aromatic carbocycles. The molecule has 7 rings (SSSR count). The molecule has 4 atom stereocenters. The number of benzene rings is 2. The van der Waals surface area contributed by atoms with Crippen LogP contribution in [0.2, 0.25) is 0 Å². The summed E-state index contributed by atoms with van der Waals surface area (Å²) in [5, 5.41) is 34.0. The lowest BCUT2D eigenvalue weighted by Gasteiger charge is -2.24. The highest BCUT2D eigenvalue weighted by Gasteiger charge is 2.39. The topological polar surface area (TPSA) is 217 Å². The van der Waals surface area contributed by atoms with E-state index in [1.807, 2.05) is 0 Å². The fraction of sp³-hybridized carbons (Fsp3) is 0.359. The van der Waals surface area contributed by atoms with E-state index in [9.17, 15) is 29.4 Å². The Balaban J connectivity index is 0.923. The number of likely N-dealkylation sites (tertiary alicyclic amines) is 2. The number of aliphatic hydroxyl groups excluding tert-OH is 2. The van der Waals surface area contributed by atoms with Gasteiger partial charge in [0, 0.05) is 60.5 Å². The Morgan fingerprint density at radius 1 is 0.691 bits per heavy atom. The number of aryl methyl sites for hydroxylation is 4. The van der Waals surface area contributed by atoms with Crippen molar-refractivity contribution in [2.45, 2.75) is 77.7 Å². The highest BCUT2D eigenvalue weighted by atomic mass is 16.5. The molecule has 0 radical (unpaired) electrons. The molecule has 2 aliphatic heterocycles. The van der Waals surface area contributed by atoms with Crippen LogP contribution in [-0.2, 0) is 9.59 Å². The van der Waals surface area contributed by atoms with Gasteiger partial charge in [-0.1, -0.05) is 10.3 Å². The number of amides is 4. The molecule has 5 heterocycles. The van der Waals surface area contributed by atoms with Gasteiger partial charge in [-0.3, -0.25) is 19.2 Å². The predicted molar refractivity (Wildman–Crippen MR) is 197 cm³/mol. The molecule has 0 unspecified atom stereocenters. The molecule has 2 saturated heterocycles. The third kappa shape index (κ3) is 7.91. The zero-order valence-corrected chi connectivity index (χ0v) is 30.7. The van der Waals surface area contributed by atoms with E-state index in [0.717, 1.165) is 5.56 Å². The van der Waals surface area contributed by atoms with Gasteiger partial charge in [0.05, 0.1) is 29.8 Å². The van der Waals surface area contributed by atoms with Crippen molar-refractivity contribution >= 4 is 35.0 Å². The molecule has 0 aliphatic carbocycles. The maximum atomic E-state index is 13.2. The van der Waals surface area contributed by atoms with Crippen LogP contribution in [0.5, 0.6) is 0 Å². The van der Waals surface area contributed by atoms with Gasteiger partial charge in [-0.25, -0.2) is 4.98 Å². The average molecular weight is 752 g/mol. The van der Waals surface area contributed by atoms with Gasteiger partial charge >= 0.3 is 0 Å². The highest BCUT2D eigenvalue weighted by Crippen LogP contribution is 2.30. The van der Waals surface area contributed by atoms with Crippen LogP contribution in [0.1, 0.15) is 69.3 Å². The van der Waals surface area contributed by atoms with Crippen LogP contribution < -0.4 is 10.6 Å². The maximum Gasteiger partial charge on any atom is 0.259 e. The number of aromatic nitrogens is 3. The molecule has 2 aliphatic rings. The molecule has 16 nitrogen and oxygen atoms in total. The van der Waals surface area contributed by atoms with Gasteiger partial charge < -0.3 is 44.1 Å². The molecule has 3 aromatic heterocycles. The molecular weight excluding hydrogens is 710 g/mol. The minimum Gasteiger partial charge on any atom is -0.436 e. The number of anilines is 2. The van der Waals surface area contributed by atoms with E-state index in [2.05, 4.69) is 25.9 Å². The van der Waals surface area contributed by atoms with Crippen molar-refractivity contribution in [1.29, 1.82) is 0 Å². The van der Waals surface area contributed by atoms with E-state index >= 15 is 0 Å². The molecule has 0 spiro atoms. The number of carbonyl (C=O) groups is 4. The molecule has 0 saturated carbocycles. The van der Waals surface area contributed by atoms with E-state index in [-0.39, 0.29) is 62.4 Å².